The number of carboxylic acids is 1. The molecule has 3 heteroatoms. The average Bonchev–Trinajstić information content (AvgIpc) is 3.11. The van der Waals surface area contributed by atoms with Crippen molar-refractivity contribution in [2.45, 2.75) is 73.4 Å². The highest BCUT2D eigenvalue weighted by Gasteiger charge is 2.22. The molecule has 242 valence electrons. The fraction of sp³-hybridized carbons (Fsp3) is 0.250. The van der Waals surface area contributed by atoms with Crippen LogP contribution in [0.1, 0.15) is 86.6 Å². The van der Waals surface area contributed by atoms with Crippen LogP contribution in [0.4, 0.5) is 0 Å². The molecule has 5 aromatic rings. The molecule has 5 aromatic carbocycles. The summed E-state index contributed by atoms with van der Waals surface area (Å²) in [5, 5.41) is 13.4. The fourth-order valence-electron chi connectivity index (χ4n) is 5.72. The van der Waals surface area contributed by atoms with Gasteiger partial charge in [0.1, 0.15) is 0 Å². The second-order valence-electron chi connectivity index (χ2n) is 12.6. The molecule has 2 N–H and O–H groups in total. The van der Waals surface area contributed by atoms with Crippen LogP contribution in [0.15, 0.2) is 127 Å². The van der Waals surface area contributed by atoms with E-state index in [0.29, 0.717) is 5.56 Å². The molecule has 3 nitrogen and oxygen atoms in total. The molecule has 5 rings (SSSR count). The molecular formula is C44H49NO2. The highest BCUT2D eigenvalue weighted by molar-refractivity contribution is 5.96. The normalized spacial score (nSPS) is 11.0. The Hall–Kier alpha value is -4.73. The van der Waals surface area contributed by atoms with E-state index in [1.54, 1.807) is 12.1 Å². The predicted molar refractivity (Wildman–Crippen MR) is 200 cm³/mol. The summed E-state index contributed by atoms with van der Waals surface area (Å²) in [5.41, 5.74) is 13.3. The first kappa shape index (κ1) is 35.1. The molecule has 0 aromatic heterocycles. The zero-order valence-electron chi connectivity index (χ0n) is 29.0. The van der Waals surface area contributed by atoms with E-state index in [1.807, 2.05) is 44.2 Å². The first-order chi connectivity index (χ1) is 22.6. The standard InChI is InChI=1S/C42H43NO2.C2H6/c1-29(2)30(3)40-27-37(42(4,5)43-28-32-18-20-34(21-19-32)33-11-7-6-8-12-33)26-25-36(40)24-17-31-15-22-35(23-16-31)38-13-9-10-14-39(38)41(44)45;1-2/h6-16,18-23,25-27,43H,17,24,28H2,1-5H3,(H,44,45);1-2H3. The predicted octanol–water partition coefficient (Wildman–Crippen LogP) is 11.4. The summed E-state index contributed by atoms with van der Waals surface area (Å²) in [4.78, 5) is 11.7. The van der Waals surface area contributed by atoms with Gasteiger partial charge in [-0.1, -0.05) is 129 Å². The number of carboxylic acid groups (broad SMARTS) is 1. The van der Waals surface area contributed by atoms with Crippen LogP contribution in [0.25, 0.3) is 27.8 Å². The van der Waals surface area contributed by atoms with Crippen molar-refractivity contribution in [1.82, 2.24) is 5.32 Å². The summed E-state index contributed by atoms with van der Waals surface area (Å²) in [7, 11) is 0. The molecule has 0 spiro atoms. The minimum absolute atomic E-state index is 0.213. The van der Waals surface area contributed by atoms with E-state index in [1.165, 1.54) is 50.1 Å². The van der Waals surface area contributed by atoms with Crippen LogP contribution in [0.3, 0.4) is 0 Å². The molecule has 0 bridgehead atoms. The van der Waals surface area contributed by atoms with Crippen LogP contribution in [0, 0.1) is 0 Å². The summed E-state index contributed by atoms with van der Waals surface area (Å²) >= 11 is 0. The van der Waals surface area contributed by atoms with E-state index in [4.69, 9.17) is 0 Å². The summed E-state index contributed by atoms with van der Waals surface area (Å²) in [5.74, 6) is -0.906. The fourth-order valence-corrected chi connectivity index (χ4v) is 5.72. The van der Waals surface area contributed by atoms with Crippen LogP contribution < -0.4 is 5.32 Å². The lowest BCUT2D eigenvalue weighted by Crippen LogP contribution is -2.36. The zero-order valence-corrected chi connectivity index (χ0v) is 29.0. The van der Waals surface area contributed by atoms with Gasteiger partial charge in [-0.05, 0) is 115 Å². The van der Waals surface area contributed by atoms with E-state index >= 15 is 0 Å². The molecule has 0 aliphatic rings. The molecular weight excluding hydrogens is 574 g/mol. The molecule has 0 heterocycles. The van der Waals surface area contributed by atoms with Crippen LogP contribution in [-0.2, 0) is 24.9 Å². The monoisotopic (exact) mass is 623 g/mol. The second-order valence-corrected chi connectivity index (χ2v) is 12.6. The molecule has 0 radical (unpaired) electrons. The summed E-state index contributed by atoms with van der Waals surface area (Å²) in [6.07, 6.45) is 1.83. The van der Waals surface area contributed by atoms with Gasteiger partial charge in [0.25, 0.3) is 0 Å². The number of aryl methyl sites for hydroxylation is 2. The smallest absolute Gasteiger partial charge is 0.336 e. The molecule has 0 amide bonds. The average molecular weight is 624 g/mol. The number of hydrogen-bond donors (Lipinski definition) is 2. The van der Waals surface area contributed by atoms with Gasteiger partial charge in [-0.25, -0.2) is 4.79 Å². The number of carbonyl (C=O) groups is 1. The van der Waals surface area contributed by atoms with Crippen LogP contribution in [-0.4, -0.2) is 11.1 Å². The van der Waals surface area contributed by atoms with Gasteiger partial charge in [0.15, 0.2) is 0 Å². The summed E-state index contributed by atoms with van der Waals surface area (Å²) < 4.78 is 0. The van der Waals surface area contributed by atoms with Crippen molar-refractivity contribution in [3.63, 3.8) is 0 Å². The molecule has 47 heavy (non-hydrogen) atoms. The van der Waals surface area contributed by atoms with Gasteiger partial charge in [-0.2, -0.15) is 0 Å². The Morgan fingerprint density at radius 1 is 0.638 bits per heavy atom. The quantitative estimate of drug-likeness (QED) is 0.154. The van der Waals surface area contributed by atoms with Gasteiger partial charge in [-0.3, -0.25) is 0 Å². The number of rotatable bonds is 11. The van der Waals surface area contributed by atoms with E-state index < -0.39 is 5.97 Å². The lowest BCUT2D eigenvalue weighted by Gasteiger charge is -2.29. The molecule has 0 saturated heterocycles. The van der Waals surface area contributed by atoms with E-state index in [-0.39, 0.29) is 5.54 Å². The Morgan fingerprint density at radius 2 is 1.21 bits per heavy atom. The molecule has 0 fully saturated rings. The first-order valence-corrected chi connectivity index (χ1v) is 16.7. The number of allylic oxidation sites excluding steroid dienone is 2. The number of benzene rings is 5. The molecule has 0 aliphatic heterocycles. The van der Waals surface area contributed by atoms with Gasteiger partial charge in [-0.15, -0.1) is 0 Å². The van der Waals surface area contributed by atoms with Gasteiger partial charge < -0.3 is 10.4 Å². The Kier molecular flexibility index (Phi) is 12.1. The third kappa shape index (κ3) is 8.96. The lowest BCUT2D eigenvalue weighted by atomic mass is 9.86. The Balaban J connectivity index is 0.00000245. The van der Waals surface area contributed by atoms with Crippen molar-refractivity contribution in [1.29, 1.82) is 0 Å². The Labute approximate surface area is 282 Å². The van der Waals surface area contributed by atoms with Crippen molar-refractivity contribution in [2.24, 2.45) is 0 Å². The summed E-state index contributed by atoms with van der Waals surface area (Å²) in [6, 6.07) is 41.7. The number of nitrogens with one attached hydrogen (secondary N) is 1. The van der Waals surface area contributed by atoms with E-state index in [2.05, 4.69) is 119 Å². The SMILES string of the molecule is CC.CC(C)=C(C)c1cc(C(C)(C)NCc2ccc(-c3ccccc3)cc2)ccc1CCc1ccc(-c2ccccc2C(=O)O)cc1. The Bertz CT molecular complexity index is 1790. The van der Waals surface area contributed by atoms with Gasteiger partial charge in [0.2, 0.25) is 0 Å². The minimum Gasteiger partial charge on any atom is -0.478 e. The third-order valence-electron chi connectivity index (χ3n) is 8.89. The highest BCUT2D eigenvalue weighted by atomic mass is 16.4. The largest absolute Gasteiger partial charge is 0.478 e. The summed E-state index contributed by atoms with van der Waals surface area (Å²) in [6.45, 7) is 15.9. The number of hydrogen-bond acceptors (Lipinski definition) is 2. The first-order valence-electron chi connectivity index (χ1n) is 16.7. The molecule has 0 unspecified atom stereocenters. The Morgan fingerprint density at radius 3 is 1.85 bits per heavy atom. The maximum atomic E-state index is 11.7. The van der Waals surface area contributed by atoms with Crippen molar-refractivity contribution in [3.05, 3.63) is 160 Å². The number of aromatic carboxylic acids is 1. The van der Waals surface area contributed by atoms with Gasteiger partial charge >= 0.3 is 5.97 Å². The second kappa shape index (κ2) is 16.2. The topological polar surface area (TPSA) is 49.3 Å². The minimum atomic E-state index is -0.906. The van der Waals surface area contributed by atoms with Crippen LogP contribution in [0.5, 0.6) is 0 Å². The van der Waals surface area contributed by atoms with E-state index in [0.717, 1.165) is 30.5 Å². The maximum Gasteiger partial charge on any atom is 0.336 e. The maximum absolute atomic E-state index is 11.7. The highest BCUT2D eigenvalue weighted by Crippen LogP contribution is 2.31. The van der Waals surface area contributed by atoms with E-state index in [9.17, 15) is 9.90 Å². The third-order valence-corrected chi connectivity index (χ3v) is 8.89. The van der Waals surface area contributed by atoms with Gasteiger partial charge in [0, 0.05) is 12.1 Å². The van der Waals surface area contributed by atoms with Crippen LogP contribution in [0.2, 0.25) is 0 Å². The zero-order chi connectivity index (χ0) is 34.0. The van der Waals surface area contributed by atoms with Gasteiger partial charge in [0.05, 0.1) is 5.56 Å². The van der Waals surface area contributed by atoms with Crippen molar-refractivity contribution in [2.75, 3.05) is 0 Å². The molecule has 0 saturated carbocycles. The molecule has 0 aliphatic carbocycles. The van der Waals surface area contributed by atoms with Crippen molar-refractivity contribution >= 4 is 11.5 Å². The van der Waals surface area contributed by atoms with Crippen molar-refractivity contribution < 1.29 is 9.90 Å². The lowest BCUT2D eigenvalue weighted by molar-refractivity contribution is 0.0697. The van der Waals surface area contributed by atoms with Crippen LogP contribution >= 0.6 is 0 Å². The van der Waals surface area contributed by atoms with Crippen molar-refractivity contribution in [3.8, 4) is 22.3 Å². The molecule has 0 atom stereocenters.